The molecule has 0 fully saturated rings. The first-order chi connectivity index (χ1) is 46.7. The molecule has 0 aliphatic heterocycles. The van der Waals surface area contributed by atoms with Crippen molar-refractivity contribution in [2.45, 2.75) is 414 Å². The van der Waals surface area contributed by atoms with Crippen molar-refractivity contribution in [1.29, 1.82) is 0 Å². The van der Waals surface area contributed by atoms with E-state index in [2.05, 4.69) is 55.4 Å². The Hall–Kier alpha value is -1.94. The summed E-state index contributed by atoms with van der Waals surface area (Å²) >= 11 is 0. The highest BCUT2D eigenvalue weighted by Crippen LogP contribution is 2.45. The van der Waals surface area contributed by atoms with Gasteiger partial charge in [0.1, 0.15) is 19.3 Å². The highest BCUT2D eigenvalue weighted by molar-refractivity contribution is 7.47. The van der Waals surface area contributed by atoms with E-state index in [9.17, 15) is 43.2 Å². The standard InChI is InChI=1S/C78H152O17P2/c1-9-70(7)56-48-40-31-25-21-17-15-13-11-12-14-16-18-22-27-34-44-52-60-77(82)94-73(64-88-75(80)58-50-42-33-26-23-19-20-24-30-38-46-54-68(3)4)66-92-96(84,85)90-62-72(79)63-91-97(86,87)93-67-74(65-89-76(81)59-51-43-37-36-39-47-55-69(5)6)95-78(83)61-53-45-35-29-28-32-41-49-57-71(8)10-2/h68-74,79H,9-67H2,1-8H3,(H,84,85)(H,86,87)/t70?,71?,72-,73-,74-/m1/s1. The Morgan fingerprint density at radius 1 is 0.289 bits per heavy atom. The Morgan fingerprint density at radius 2 is 0.495 bits per heavy atom. The van der Waals surface area contributed by atoms with Gasteiger partial charge in [-0.15, -0.1) is 0 Å². The molecule has 0 bridgehead atoms. The normalized spacial score (nSPS) is 14.6. The molecule has 17 nitrogen and oxygen atoms in total. The van der Waals surface area contributed by atoms with Crippen molar-refractivity contribution in [3.05, 3.63) is 0 Å². The first kappa shape index (κ1) is 95.1. The van der Waals surface area contributed by atoms with Crippen LogP contribution in [0.2, 0.25) is 0 Å². The monoisotopic (exact) mass is 1420 g/mol. The molecule has 0 heterocycles. The van der Waals surface area contributed by atoms with E-state index in [0.717, 1.165) is 114 Å². The van der Waals surface area contributed by atoms with E-state index in [1.54, 1.807) is 0 Å². The molecule has 576 valence electrons. The second kappa shape index (κ2) is 67.2. The zero-order valence-electron chi connectivity index (χ0n) is 63.7. The summed E-state index contributed by atoms with van der Waals surface area (Å²) in [5, 5.41) is 10.6. The van der Waals surface area contributed by atoms with Crippen LogP contribution in [0.5, 0.6) is 0 Å². The molecular weight excluding hydrogens is 1270 g/mol. The molecule has 0 radical (unpaired) electrons. The van der Waals surface area contributed by atoms with E-state index in [0.29, 0.717) is 31.6 Å². The minimum absolute atomic E-state index is 0.104. The molecule has 0 aliphatic rings. The maximum absolute atomic E-state index is 13.1. The lowest BCUT2D eigenvalue weighted by Gasteiger charge is -2.21. The molecule has 0 aromatic heterocycles. The van der Waals surface area contributed by atoms with Crippen molar-refractivity contribution >= 4 is 39.5 Å². The third-order valence-corrected chi connectivity index (χ3v) is 20.7. The number of aliphatic hydroxyl groups is 1. The minimum atomic E-state index is -4.96. The number of rotatable bonds is 75. The number of aliphatic hydroxyl groups excluding tert-OH is 1. The molecule has 4 unspecified atom stereocenters. The molecule has 0 spiro atoms. The van der Waals surface area contributed by atoms with Crippen molar-refractivity contribution in [1.82, 2.24) is 0 Å². The van der Waals surface area contributed by atoms with Gasteiger partial charge < -0.3 is 33.8 Å². The molecule has 0 amide bonds. The fraction of sp³-hybridized carbons (Fsp3) is 0.949. The number of esters is 4. The largest absolute Gasteiger partial charge is 0.472 e. The van der Waals surface area contributed by atoms with Gasteiger partial charge in [0, 0.05) is 25.7 Å². The number of carbonyl (C=O) groups excluding carboxylic acids is 4. The molecule has 0 saturated carbocycles. The van der Waals surface area contributed by atoms with E-state index in [-0.39, 0.29) is 25.7 Å². The summed E-state index contributed by atoms with van der Waals surface area (Å²) in [4.78, 5) is 72.8. The summed E-state index contributed by atoms with van der Waals surface area (Å²) < 4.78 is 68.5. The fourth-order valence-electron chi connectivity index (χ4n) is 11.8. The lowest BCUT2D eigenvalue weighted by Crippen LogP contribution is -2.30. The Morgan fingerprint density at radius 3 is 0.732 bits per heavy atom. The topological polar surface area (TPSA) is 237 Å². The Labute approximate surface area is 594 Å². The highest BCUT2D eigenvalue weighted by atomic mass is 31.2. The third kappa shape index (κ3) is 69.5. The summed E-state index contributed by atoms with van der Waals surface area (Å²) in [6, 6.07) is 0. The Kier molecular flexibility index (Phi) is 65.9. The van der Waals surface area contributed by atoms with Crippen LogP contribution in [0.1, 0.15) is 396 Å². The molecule has 0 aliphatic carbocycles. The van der Waals surface area contributed by atoms with Crippen LogP contribution in [0.15, 0.2) is 0 Å². The van der Waals surface area contributed by atoms with Gasteiger partial charge in [-0.2, -0.15) is 0 Å². The van der Waals surface area contributed by atoms with Gasteiger partial charge in [0.15, 0.2) is 12.2 Å². The van der Waals surface area contributed by atoms with E-state index in [4.69, 9.17) is 37.0 Å². The summed E-state index contributed by atoms with van der Waals surface area (Å²) in [7, 11) is -9.91. The molecule has 0 saturated heterocycles. The number of carbonyl (C=O) groups is 4. The number of hydrogen-bond donors (Lipinski definition) is 3. The molecular formula is C78H152O17P2. The molecule has 97 heavy (non-hydrogen) atoms. The maximum Gasteiger partial charge on any atom is 0.472 e. The van der Waals surface area contributed by atoms with Gasteiger partial charge in [0.25, 0.3) is 0 Å². The maximum atomic E-state index is 13.1. The molecule has 19 heteroatoms. The summed E-state index contributed by atoms with van der Waals surface area (Å²) in [5.41, 5.74) is 0. The van der Waals surface area contributed by atoms with Crippen molar-refractivity contribution < 1.29 is 80.2 Å². The van der Waals surface area contributed by atoms with Gasteiger partial charge >= 0.3 is 39.5 Å². The summed E-state index contributed by atoms with van der Waals surface area (Å²) in [6.07, 6.45) is 52.9. The van der Waals surface area contributed by atoms with Crippen LogP contribution in [-0.2, 0) is 65.4 Å². The number of hydrogen-bond acceptors (Lipinski definition) is 15. The van der Waals surface area contributed by atoms with Crippen LogP contribution in [0.3, 0.4) is 0 Å². The molecule has 0 rings (SSSR count). The predicted octanol–water partition coefficient (Wildman–Crippen LogP) is 22.8. The zero-order chi connectivity index (χ0) is 71.7. The average Bonchev–Trinajstić information content (AvgIpc) is 1.60. The van der Waals surface area contributed by atoms with Gasteiger partial charge in [-0.05, 0) is 49.4 Å². The number of phosphoric acid groups is 2. The minimum Gasteiger partial charge on any atom is -0.462 e. The van der Waals surface area contributed by atoms with E-state index < -0.39 is 97.5 Å². The third-order valence-electron chi connectivity index (χ3n) is 18.8. The summed E-state index contributed by atoms with van der Waals surface area (Å²) in [5.74, 6) is 0.969. The van der Waals surface area contributed by atoms with Crippen LogP contribution in [0.4, 0.5) is 0 Å². The van der Waals surface area contributed by atoms with Crippen LogP contribution in [0.25, 0.3) is 0 Å². The van der Waals surface area contributed by atoms with Gasteiger partial charge in [0.2, 0.25) is 0 Å². The second-order valence-corrected chi connectivity index (χ2v) is 32.4. The van der Waals surface area contributed by atoms with E-state index >= 15 is 0 Å². The van der Waals surface area contributed by atoms with Crippen molar-refractivity contribution in [2.24, 2.45) is 23.7 Å². The molecule has 3 N–H and O–H groups in total. The average molecular weight is 1420 g/mol. The van der Waals surface area contributed by atoms with Crippen molar-refractivity contribution in [3.63, 3.8) is 0 Å². The second-order valence-electron chi connectivity index (χ2n) is 29.5. The lowest BCUT2D eigenvalue weighted by molar-refractivity contribution is -0.161. The first-order valence-corrected chi connectivity index (χ1v) is 43.3. The van der Waals surface area contributed by atoms with Gasteiger partial charge in [-0.1, -0.05) is 344 Å². The quantitative estimate of drug-likeness (QED) is 0.0222. The molecule has 7 atom stereocenters. The van der Waals surface area contributed by atoms with Crippen LogP contribution >= 0.6 is 15.6 Å². The smallest absolute Gasteiger partial charge is 0.462 e. The number of unbranched alkanes of at least 4 members (excludes halogenated alkanes) is 39. The Bertz CT molecular complexity index is 1910. The van der Waals surface area contributed by atoms with Crippen LogP contribution in [-0.4, -0.2) is 96.7 Å². The molecule has 0 aromatic carbocycles. The summed E-state index contributed by atoms with van der Waals surface area (Å²) in [6.45, 7) is 14.2. The van der Waals surface area contributed by atoms with Crippen molar-refractivity contribution in [3.8, 4) is 0 Å². The Balaban J connectivity index is 5.20. The SMILES string of the molecule is CCC(C)CCCCCCCCCCCCCCCCCCCCC(=O)O[C@H](COC(=O)CCCCCCCCCCCCCC(C)C)COP(=O)(O)OC[C@@H](O)COP(=O)(O)OC[C@@H](COC(=O)CCCCCCCCC(C)C)OC(=O)CCCCCCCCCCC(C)CC. The van der Waals surface area contributed by atoms with E-state index in [1.807, 2.05) is 0 Å². The predicted molar refractivity (Wildman–Crippen MR) is 395 cm³/mol. The van der Waals surface area contributed by atoms with Crippen molar-refractivity contribution in [2.75, 3.05) is 39.6 Å². The fourth-order valence-corrected chi connectivity index (χ4v) is 13.4. The number of phosphoric ester groups is 2. The zero-order valence-corrected chi connectivity index (χ0v) is 65.5. The van der Waals surface area contributed by atoms with Gasteiger partial charge in [0.05, 0.1) is 26.4 Å². The highest BCUT2D eigenvalue weighted by Gasteiger charge is 2.30. The molecule has 0 aromatic rings. The van der Waals surface area contributed by atoms with E-state index in [1.165, 1.54) is 193 Å². The van der Waals surface area contributed by atoms with Gasteiger partial charge in [-0.3, -0.25) is 37.3 Å². The van der Waals surface area contributed by atoms with Crippen LogP contribution in [0, 0.1) is 23.7 Å². The van der Waals surface area contributed by atoms with Crippen LogP contribution < -0.4 is 0 Å². The first-order valence-electron chi connectivity index (χ1n) is 40.3. The van der Waals surface area contributed by atoms with Gasteiger partial charge in [-0.25, -0.2) is 9.13 Å². The lowest BCUT2D eigenvalue weighted by atomic mass is 9.99. The number of ether oxygens (including phenoxy) is 4.